The summed E-state index contributed by atoms with van der Waals surface area (Å²) in [5.74, 6) is 0.305. The number of benzene rings is 1. The Morgan fingerprint density at radius 1 is 1.39 bits per heavy atom. The standard InChI is InChI=1S/C14H22BrFN2/c1-10(2)14(17)6-7-18(3)9-11-8-12(16)4-5-13(11)15/h4-5,8,10,14H,6-7,9,17H2,1-3H3. The first-order valence-electron chi connectivity index (χ1n) is 6.28. The molecule has 0 amide bonds. The fraction of sp³-hybridized carbons (Fsp3) is 0.571. The highest BCUT2D eigenvalue weighted by molar-refractivity contribution is 9.10. The lowest BCUT2D eigenvalue weighted by atomic mass is 10.0. The van der Waals surface area contributed by atoms with Crippen LogP contribution < -0.4 is 5.73 Å². The van der Waals surface area contributed by atoms with Gasteiger partial charge in [0.2, 0.25) is 0 Å². The molecule has 0 spiro atoms. The van der Waals surface area contributed by atoms with E-state index in [9.17, 15) is 4.39 Å². The van der Waals surface area contributed by atoms with E-state index < -0.39 is 0 Å². The number of halogens is 2. The van der Waals surface area contributed by atoms with E-state index in [1.807, 2.05) is 7.05 Å². The minimum atomic E-state index is -0.194. The van der Waals surface area contributed by atoms with Crippen LogP contribution in [-0.4, -0.2) is 24.5 Å². The van der Waals surface area contributed by atoms with Gasteiger partial charge in [-0.2, -0.15) is 0 Å². The van der Waals surface area contributed by atoms with Gasteiger partial charge in [0.15, 0.2) is 0 Å². The van der Waals surface area contributed by atoms with Crippen LogP contribution in [0.2, 0.25) is 0 Å². The van der Waals surface area contributed by atoms with Crippen LogP contribution in [0.1, 0.15) is 25.8 Å². The number of hydrogen-bond donors (Lipinski definition) is 1. The Morgan fingerprint density at radius 2 is 2.06 bits per heavy atom. The quantitative estimate of drug-likeness (QED) is 0.871. The molecule has 2 N–H and O–H groups in total. The summed E-state index contributed by atoms with van der Waals surface area (Å²) in [7, 11) is 2.03. The van der Waals surface area contributed by atoms with Gasteiger partial charge >= 0.3 is 0 Å². The van der Waals surface area contributed by atoms with Gasteiger partial charge in [-0.25, -0.2) is 4.39 Å². The van der Waals surface area contributed by atoms with Crippen LogP contribution in [-0.2, 0) is 6.54 Å². The average Bonchev–Trinajstić information content (AvgIpc) is 2.30. The first-order chi connectivity index (χ1) is 8.40. The fourth-order valence-corrected chi connectivity index (χ4v) is 2.11. The molecule has 18 heavy (non-hydrogen) atoms. The van der Waals surface area contributed by atoms with Crippen molar-refractivity contribution in [2.75, 3.05) is 13.6 Å². The molecule has 0 aliphatic heterocycles. The third kappa shape index (κ3) is 5.04. The molecule has 1 aromatic carbocycles. The van der Waals surface area contributed by atoms with E-state index in [2.05, 4.69) is 34.7 Å². The smallest absolute Gasteiger partial charge is 0.123 e. The molecule has 102 valence electrons. The Morgan fingerprint density at radius 3 is 2.67 bits per heavy atom. The fourth-order valence-electron chi connectivity index (χ4n) is 1.74. The van der Waals surface area contributed by atoms with E-state index in [0.717, 1.165) is 29.5 Å². The molecule has 0 bridgehead atoms. The molecule has 1 rings (SSSR count). The average molecular weight is 317 g/mol. The van der Waals surface area contributed by atoms with Gasteiger partial charge in [-0.15, -0.1) is 0 Å². The zero-order valence-electron chi connectivity index (χ0n) is 11.3. The Balaban J connectivity index is 2.49. The Labute approximate surface area is 117 Å². The second kappa shape index (κ2) is 7.22. The summed E-state index contributed by atoms with van der Waals surface area (Å²) in [6.45, 7) is 5.91. The Bertz CT molecular complexity index is 382. The van der Waals surface area contributed by atoms with E-state index in [1.54, 1.807) is 12.1 Å². The van der Waals surface area contributed by atoms with Gasteiger partial charge in [-0.1, -0.05) is 29.8 Å². The maximum absolute atomic E-state index is 13.2. The van der Waals surface area contributed by atoms with Crippen LogP contribution in [0.3, 0.4) is 0 Å². The van der Waals surface area contributed by atoms with E-state index >= 15 is 0 Å². The normalized spacial score (nSPS) is 13.3. The third-order valence-electron chi connectivity index (χ3n) is 3.15. The van der Waals surface area contributed by atoms with Crippen LogP contribution in [0.25, 0.3) is 0 Å². The Hall–Kier alpha value is -0.450. The van der Waals surface area contributed by atoms with Crippen LogP contribution in [0.4, 0.5) is 4.39 Å². The molecular weight excluding hydrogens is 295 g/mol. The first kappa shape index (κ1) is 15.6. The van der Waals surface area contributed by atoms with Gasteiger partial charge in [-0.05, 0) is 49.7 Å². The highest BCUT2D eigenvalue weighted by Crippen LogP contribution is 2.19. The molecule has 0 aromatic heterocycles. The van der Waals surface area contributed by atoms with Gasteiger partial charge < -0.3 is 10.6 Å². The highest BCUT2D eigenvalue weighted by atomic mass is 79.9. The van der Waals surface area contributed by atoms with Crippen molar-refractivity contribution in [1.29, 1.82) is 0 Å². The van der Waals surface area contributed by atoms with Crippen LogP contribution in [0.15, 0.2) is 22.7 Å². The molecule has 0 heterocycles. The summed E-state index contributed by atoms with van der Waals surface area (Å²) in [5, 5.41) is 0. The SMILES string of the molecule is CC(C)C(N)CCN(C)Cc1cc(F)ccc1Br. The van der Waals surface area contributed by atoms with Crippen LogP contribution in [0.5, 0.6) is 0 Å². The van der Waals surface area contributed by atoms with E-state index in [4.69, 9.17) is 5.73 Å². The largest absolute Gasteiger partial charge is 0.327 e. The monoisotopic (exact) mass is 316 g/mol. The van der Waals surface area contributed by atoms with E-state index in [0.29, 0.717) is 5.92 Å². The zero-order chi connectivity index (χ0) is 13.7. The molecule has 0 saturated heterocycles. The van der Waals surface area contributed by atoms with Crippen molar-refractivity contribution in [3.63, 3.8) is 0 Å². The maximum atomic E-state index is 13.2. The number of nitrogens with two attached hydrogens (primary N) is 1. The molecule has 0 radical (unpaired) electrons. The molecule has 1 aromatic rings. The van der Waals surface area contributed by atoms with Crippen molar-refractivity contribution in [3.05, 3.63) is 34.1 Å². The topological polar surface area (TPSA) is 29.3 Å². The molecule has 0 aliphatic rings. The van der Waals surface area contributed by atoms with Gasteiger partial charge in [0.1, 0.15) is 5.82 Å². The summed E-state index contributed by atoms with van der Waals surface area (Å²) in [4.78, 5) is 2.17. The summed E-state index contributed by atoms with van der Waals surface area (Å²) in [5.41, 5.74) is 6.98. The van der Waals surface area contributed by atoms with E-state index in [1.165, 1.54) is 6.07 Å². The van der Waals surface area contributed by atoms with Crippen molar-refractivity contribution in [3.8, 4) is 0 Å². The summed E-state index contributed by atoms with van der Waals surface area (Å²) < 4.78 is 14.1. The van der Waals surface area contributed by atoms with Gasteiger partial charge in [-0.3, -0.25) is 0 Å². The summed E-state index contributed by atoms with van der Waals surface area (Å²) >= 11 is 3.44. The van der Waals surface area contributed by atoms with Gasteiger partial charge in [0.25, 0.3) is 0 Å². The highest BCUT2D eigenvalue weighted by Gasteiger charge is 2.10. The molecule has 1 atom stereocenters. The lowest BCUT2D eigenvalue weighted by molar-refractivity contribution is 0.295. The van der Waals surface area contributed by atoms with Crippen molar-refractivity contribution < 1.29 is 4.39 Å². The second-order valence-corrected chi connectivity index (χ2v) is 6.02. The molecule has 2 nitrogen and oxygen atoms in total. The lowest BCUT2D eigenvalue weighted by Gasteiger charge is -2.21. The summed E-state index contributed by atoms with van der Waals surface area (Å²) in [6, 6.07) is 5.01. The van der Waals surface area contributed by atoms with Crippen molar-refractivity contribution >= 4 is 15.9 Å². The summed E-state index contributed by atoms with van der Waals surface area (Å²) in [6.07, 6.45) is 0.959. The molecule has 0 aliphatic carbocycles. The third-order valence-corrected chi connectivity index (χ3v) is 3.92. The molecule has 0 fully saturated rings. The number of hydrogen-bond acceptors (Lipinski definition) is 2. The molecule has 1 unspecified atom stereocenters. The maximum Gasteiger partial charge on any atom is 0.123 e. The van der Waals surface area contributed by atoms with Gasteiger partial charge in [0, 0.05) is 17.1 Å². The van der Waals surface area contributed by atoms with Crippen molar-refractivity contribution in [1.82, 2.24) is 4.90 Å². The Kier molecular flexibility index (Phi) is 6.26. The van der Waals surface area contributed by atoms with Crippen molar-refractivity contribution in [2.24, 2.45) is 11.7 Å². The molecular formula is C14H22BrFN2. The van der Waals surface area contributed by atoms with Crippen LogP contribution >= 0.6 is 15.9 Å². The molecule has 4 heteroatoms. The lowest BCUT2D eigenvalue weighted by Crippen LogP contribution is -2.31. The second-order valence-electron chi connectivity index (χ2n) is 5.17. The van der Waals surface area contributed by atoms with Gasteiger partial charge in [0.05, 0.1) is 0 Å². The molecule has 0 saturated carbocycles. The predicted octanol–water partition coefficient (Wildman–Crippen LogP) is 3.39. The number of rotatable bonds is 6. The van der Waals surface area contributed by atoms with E-state index in [-0.39, 0.29) is 11.9 Å². The van der Waals surface area contributed by atoms with Crippen molar-refractivity contribution in [2.45, 2.75) is 32.9 Å². The number of nitrogens with zero attached hydrogens (tertiary/aromatic N) is 1. The predicted molar refractivity (Wildman–Crippen MR) is 77.9 cm³/mol. The van der Waals surface area contributed by atoms with Crippen LogP contribution in [0, 0.1) is 11.7 Å². The minimum absolute atomic E-state index is 0.194. The first-order valence-corrected chi connectivity index (χ1v) is 7.07. The minimum Gasteiger partial charge on any atom is -0.327 e. The zero-order valence-corrected chi connectivity index (χ0v) is 12.9.